The van der Waals surface area contributed by atoms with Gasteiger partial charge in [0.05, 0.1) is 22.8 Å². The lowest BCUT2D eigenvalue weighted by molar-refractivity contribution is 0.257. The van der Waals surface area contributed by atoms with Crippen molar-refractivity contribution in [3.8, 4) is 28.0 Å². The summed E-state index contributed by atoms with van der Waals surface area (Å²) >= 11 is 0. The Morgan fingerprint density at radius 1 is 1.00 bits per heavy atom. The first-order valence-corrected chi connectivity index (χ1v) is 10.6. The molecule has 0 amide bonds. The predicted molar refractivity (Wildman–Crippen MR) is 123 cm³/mol. The van der Waals surface area contributed by atoms with Gasteiger partial charge in [0.1, 0.15) is 17.9 Å². The number of aromatic nitrogens is 3. The summed E-state index contributed by atoms with van der Waals surface area (Å²) in [5.41, 5.74) is 6.95. The quantitative estimate of drug-likeness (QED) is 0.430. The number of hydrogen-bond donors (Lipinski definition) is 1. The monoisotopic (exact) mass is 423 g/mol. The van der Waals surface area contributed by atoms with E-state index in [9.17, 15) is 4.79 Å². The van der Waals surface area contributed by atoms with E-state index in [0.29, 0.717) is 12.4 Å². The summed E-state index contributed by atoms with van der Waals surface area (Å²) in [5.74, 6) is 1.40. The van der Waals surface area contributed by atoms with Gasteiger partial charge in [0.15, 0.2) is 5.75 Å². The van der Waals surface area contributed by atoms with Crippen LogP contribution in [0.2, 0.25) is 0 Å². The number of nitrogens with one attached hydrogen (secondary N) is 1. The van der Waals surface area contributed by atoms with Gasteiger partial charge in [-0.05, 0) is 31.0 Å². The minimum absolute atomic E-state index is 0.147. The summed E-state index contributed by atoms with van der Waals surface area (Å²) in [6.07, 6.45) is 0. The molecule has 6 heteroatoms. The van der Waals surface area contributed by atoms with Crippen molar-refractivity contribution in [2.24, 2.45) is 0 Å². The minimum Gasteiger partial charge on any atom is -0.488 e. The summed E-state index contributed by atoms with van der Waals surface area (Å²) in [7, 11) is 0. The molecule has 1 aliphatic heterocycles. The summed E-state index contributed by atoms with van der Waals surface area (Å²) in [6.45, 7) is 4.18. The molecule has 1 N–H and O–H groups in total. The number of ether oxygens (including phenoxy) is 1. The molecule has 0 bridgehead atoms. The Bertz CT molecular complexity index is 1490. The lowest BCUT2D eigenvalue weighted by atomic mass is 9.94. The van der Waals surface area contributed by atoms with Crippen molar-refractivity contribution in [3.05, 3.63) is 94.2 Å². The summed E-state index contributed by atoms with van der Waals surface area (Å²) in [6, 6.07) is 21.9. The van der Waals surface area contributed by atoms with Crippen LogP contribution in [0.15, 0.2) is 76.0 Å². The van der Waals surface area contributed by atoms with Crippen molar-refractivity contribution in [1.29, 1.82) is 0 Å². The predicted octanol–water partition coefficient (Wildman–Crippen LogP) is 5.25. The SMILES string of the molecule is Cc1noc(C)c1-c1cc(-c2ccccc2)c2[nH]c(=O)n3c2c1OCC3c1ccccc1. The maximum absolute atomic E-state index is 13.3. The fourth-order valence-electron chi connectivity index (χ4n) is 4.78. The van der Waals surface area contributed by atoms with Gasteiger partial charge in [-0.3, -0.25) is 4.57 Å². The molecule has 1 atom stereocenters. The average molecular weight is 423 g/mol. The molecule has 32 heavy (non-hydrogen) atoms. The van der Waals surface area contributed by atoms with Crippen molar-refractivity contribution < 1.29 is 9.26 Å². The van der Waals surface area contributed by atoms with Gasteiger partial charge in [0.25, 0.3) is 0 Å². The molecule has 2 aromatic heterocycles. The van der Waals surface area contributed by atoms with Crippen LogP contribution in [0, 0.1) is 13.8 Å². The van der Waals surface area contributed by atoms with E-state index in [0.717, 1.165) is 50.3 Å². The van der Waals surface area contributed by atoms with Crippen LogP contribution < -0.4 is 10.4 Å². The Morgan fingerprint density at radius 3 is 2.41 bits per heavy atom. The van der Waals surface area contributed by atoms with Gasteiger partial charge in [-0.2, -0.15) is 0 Å². The first-order valence-electron chi connectivity index (χ1n) is 10.6. The average Bonchev–Trinajstić information content (AvgIpc) is 3.35. The standard InChI is InChI=1S/C26H21N3O3/c1-15-22(16(2)32-28-15)20-13-19(17-9-5-3-6-10-17)23-24-25(20)31-14-21(29(24)26(30)27-23)18-11-7-4-8-12-18/h3-13,21H,14H2,1-2H3,(H,27,30). The van der Waals surface area contributed by atoms with E-state index in [1.165, 1.54) is 0 Å². The third-order valence-corrected chi connectivity index (χ3v) is 6.22. The molecule has 158 valence electrons. The third-order valence-electron chi connectivity index (χ3n) is 6.22. The Hall–Kier alpha value is -4.06. The number of aryl methyl sites for hydroxylation is 2. The second-order valence-corrected chi connectivity index (χ2v) is 8.13. The maximum Gasteiger partial charge on any atom is 0.327 e. The molecule has 6 nitrogen and oxygen atoms in total. The largest absolute Gasteiger partial charge is 0.488 e. The van der Waals surface area contributed by atoms with Gasteiger partial charge in [0.2, 0.25) is 0 Å². The van der Waals surface area contributed by atoms with Gasteiger partial charge < -0.3 is 14.2 Å². The molecule has 1 aliphatic rings. The Kier molecular flexibility index (Phi) is 4.08. The van der Waals surface area contributed by atoms with Gasteiger partial charge in [-0.15, -0.1) is 0 Å². The first kappa shape index (κ1) is 18.7. The van der Waals surface area contributed by atoms with Gasteiger partial charge >= 0.3 is 5.69 Å². The molecule has 0 fully saturated rings. The van der Waals surface area contributed by atoms with Gasteiger partial charge in [0, 0.05) is 11.1 Å². The summed E-state index contributed by atoms with van der Waals surface area (Å²) < 4.78 is 13.7. The molecule has 3 aromatic carbocycles. The number of aromatic amines is 1. The van der Waals surface area contributed by atoms with E-state index < -0.39 is 0 Å². The van der Waals surface area contributed by atoms with Crippen LogP contribution in [-0.4, -0.2) is 21.3 Å². The number of rotatable bonds is 3. The summed E-state index contributed by atoms with van der Waals surface area (Å²) in [4.78, 5) is 16.4. The molecule has 3 heterocycles. The third kappa shape index (κ3) is 2.66. The zero-order chi connectivity index (χ0) is 21.8. The van der Waals surface area contributed by atoms with Crippen molar-refractivity contribution >= 4 is 11.0 Å². The number of H-pyrrole nitrogens is 1. The topological polar surface area (TPSA) is 73.0 Å². The highest BCUT2D eigenvalue weighted by molar-refractivity contribution is 6.02. The van der Waals surface area contributed by atoms with E-state index in [4.69, 9.17) is 9.26 Å². The second kappa shape index (κ2) is 6.99. The van der Waals surface area contributed by atoms with Crippen LogP contribution in [0.4, 0.5) is 0 Å². The van der Waals surface area contributed by atoms with Crippen molar-refractivity contribution in [2.75, 3.05) is 6.61 Å². The van der Waals surface area contributed by atoms with E-state index in [1.807, 2.05) is 79.1 Å². The molecular formula is C26H21N3O3. The van der Waals surface area contributed by atoms with Crippen molar-refractivity contribution in [3.63, 3.8) is 0 Å². The van der Waals surface area contributed by atoms with E-state index in [1.54, 1.807) is 0 Å². The Labute approximate surface area is 184 Å². The summed E-state index contributed by atoms with van der Waals surface area (Å²) in [5, 5.41) is 4.15. The molecule has 6 rings (SSSR count). The molecule has 0 radical (unpaired) electrons. The highest BCUT2D eigenvalue weighted by Crippen LogP contribution is 2.46. The smallest absolute Gasteiger partial charge is 0.327 e. The highest BCUT2D eigenvalue weighted by Gasteiger charge is 2.32. The van der Waals surface area contributed by atoms with Crippen molar-refractivity contribution in [2.45, 2.75) is 19.9 Å². The minimum atomic E-state index is -0.214. The van der Waals surface area contributed by atoms with Crippen molar-refractivity contribution in [1.82, 2.24) is 14.7 Å². The van der Waals surface area contributed by atoms with E-state index in [2.05, 4.69) is 16.2 Å². The fourth-order valence-corrected chi connectivity index (χ4v) is 4.78. The first-order chi connectivity index (χ1) is 15.6. The maximum atomic E-state index is 13.3. The zero-order valence-electron chi connectivity index (χ0n) is 17.8. The Morgan fingerprint density at radius 2 is 1.72 bits per heavy atom. The van der Waals surface area contributed by atoms with E-state index in [-0.39, 0.29) is 11.7 Å². The normalized spacial score (nSPS) is 15.1. The van der Waals surface area contributed by atoms with Crippen LogP contribution in [0.25, 0.3) is 33.3 Å². The molecule has 5 aromatic rings. The number of benzene rings is 3. The van der Waals surface area contributed by atoms with Crippen LogP contribution in [0.5, 0.6) is 5.75 Å². The fraction of sp³-hybridized carbons (Fsp3) is 0.154. The zero-order valence-corrected chi connectivity index (χ0v) is 17.8. The van der Waals surface area contributed by atoms with Crippen LogP contribution in [-0.2, 0) is 0 Å². The van der Waals surface area contributed by atoms with Gasteiger partial charge in [-0.25, -0.2) is 4.79 Å². The second-order valence-electron chi connectivity index (χ2n) is 8.13. The molecule has 0 saturated heterocycles. The highest BCUT2D eigenvalue weighted by atomic mass is 16.5. The number of hydrogen-bond acceptors (Lipinski definition) is 4. The van der Waals surface area contributed by atoms with E-state index >= 15 is 0 Å². The Balaban J connectivity index is 1.73. The van der Waals surface area contributed by atoms with Crippen LogP contribution in [0.3, 0.4) is 0 Å². The van der Waals surface area contributed by atoms with Crippen LogP contribution in [0.1, 0.15) is 23.1 Å². The molecule has 0 saturated carbocycles. The lowest BCUT2D eigenvalue weighted by Gasteiger charge is -2.27. The molecule has 0 spiro atoms. The molecule has 1 unspecified atom stereocenters. The number of imidazole rings is 1. The molecular weight excluding hydrogens is 402 g/mol. The number of nitrogens with zero attached hydrogens (tertiary/aromatic N) is 2. The van der Waals surface area contributed by atoms with Crippen LogP contribution >= 0.6 is 0 Å². The molecule has 0 aliphatic carbocycles. The lowest BCUT2D eigenvalue weighted by Crippen LogP contribution is -2.30. The van der Waals surface area contributed by atoms with Gasteiger partial charge in [-0.1, -0.05) is 65.8 Å².